The molecule has 8 aromatic rings. The quantitative estimate of drug-likeness (QED) is 0.182. The molecule has 0 aliphatic heterocycles. The Bertz CT molecular complexity index is 2260. The molecule has 1 heteroatoms. The van der Waals surface area contributed by atoms with Gasteiger partial charge in [0.2, 0.25) is 0 Å². The van der Waals surface area contributed by atoms with Gasteiger partial charge in [-0.2, -0.15) is 0 Å². The van der Waals surface area contributed by atoms with Crippen LogP contribution in [0.4, 0.5) is 17.1 Å². The standard InChI is InChI=1S/C45H31N/c1-5-17-34(18-6-1)45(35-19-7-2-8-20-35)42-31-40-33(29-28-32-16-13-14-25-38(32)40)30-41(42)39-26-15-27-43(44(39)45)46(36-21-9-3-10-22-36)37-23-11-4-12-24-37/h1-31H. The maximum Gasteiger partial charge on any atom is 0.0734 e. The first-order valence-electron chi connectivity index (χ1n) is 16.0. The molecule has 1 aliphatic rings. The number of anilines is 3. The molecule has 0 saturated carbocycles. The summed E-state index contributed by atoms with van der Waals surface area (Å²) >= 11 is 0. The lowest BCUT2D eigenvalue weighted by molar-refractivity contribution is 0.769. The van der Waals surface area contributed by atoms with E-state index in [1.807, 2.05) is 0 Å². The lowest BCUT2D eigenvalue weighted by atomic mass is 9.67. The van der Waals surface area contributed by atoms with Crippen molar-refractivity contribution in [2.75, 3.05) is 4.90 Å². The van der Waals surface area contributed by atoms with Gasteiger partial charge in [0.1, 0.15) is 0 Å². The topological polar surface area (TPSA) is 3.24 Å². The van der Waals surface area contributed by atoms with Gasteiger partial charge < -0.3 is 4.90 Å². The van der Waals surface area contributed by atoms with E-state index in [1.54, 1.807) is 0 Å². The maximum absolute atomic E-state index is 2.49. The molecular formula is C45H31N. The van der Waals surface area contributed by atoms with Gasteiger partial charge in [-0.25, -0.2) is 0 Å². The fraction of sp³-hybridized carbons (Fsp3) is 0.0222. The second-order valence-electron chi connectivity index (χ2n) is 12.1. The van der Waals surface area contributed by atoms with Crippen LogP contribution < -0.4 is 4.90 Å². The van der Waals surface area contributed by atoms with Crippen LogP contribution in [0.5, 0.6) is 0 Å². The van der Waals surface area contributed by atoms with Gasteiger partial charge in [0.05, 0.1) is 11.1 Å². The van der Waals surface area contributed by atoms with Gasteiger partial charge in [-0.3, -0.25) is 0 Å². The average molecular weight is 586 g/mol. The van der Waals surface area contributed by atoms with Crippen LogP contribution in [0.1, 0.15) is 22.3 Å². The normalized spacial score (nSPS) is 13.0. The van der Waals surface area contributed by atoms with E-state index in [-0.39, 0.29) is 0 Å². The molecule has 0 spiro atoms. The number of hydrogen-bond acceptors (Lipinski definition) is 1. The summed E-state index contributed by atoms with van der Waals surface area (Å²) in [5, 5.41) is 5.08. The highest BCUT2D eigenvalue weighted by Gasteiger charge is 2.48. The number of hydrogen-bond donors (Lipinski definition) is 0. The van der Waals surface area contributed by atoms with E-state index in [0.717, 1.165) is 11.4 Å². The van der Waals surface area contributed by atoms with Crippen LogP contribution in [0.3, 0.4) is 0 Å². The first-order valence-corrected chi connectivity index (χ1v) is 16.0. The number of nitrogens with zero attached hydrogens (tertiary/aromatic N) is 1. The van der Waals surface area contributed by atoms with Crippen LogP contribution >= 0.6 is 0 Å². The summed E-state index contributed by atoms with van der Waals surface area (Å²) in [7, 11) is 0. The molecule has 0 bridgehead atoms. The van der Waals surface area contributed by atoms with Gasteiger partial charge in [-0.1, -0.05) is 146 Å². The lowest BCUT2D eigenvalue weighted by Crippen LogP contribution is -2.30. The molecule has 0 amide bonds. The van der Waals surface area contributed by atoms with Crippen molar-refractivity contribution < 1.29 is 0 Å². The Morgan fingerprint density at radius 2 is 0.913 bits per heavy atom. The molecule has 9 rings (SSSR count). The number of para-hydroxylation sites is 2. The molecule has 8 aromatic carbocycles. The highest BCUT2D eigenvalue weighted by molar-refractivity contribution is 6.10. The van der Waals surface area contributed by atoms with Crippen LogP contribution in [0.25, 0.3) is 32.7 Å². The van der Waals surface area contributed by atoms with Gasteiger partial charge in [0.25, 0.3) is 0 Å². The third-order valence-corrected chi connectivity index (χ3v) is 9.68. The van der Waals surface area contributed by atoms with Crippen LogP contribution in [0.15, 0.2) is 188 Å². The van der Waals surface area contributed by atoms with Crippen molar-refractivity contribution in [2.45, 2.75) is 5.41 Å². The van der Waals surface area contributed by atoms with Crippen LogP contribution in [0.2, 0.25) is 0 Å². The number of fused-ring (bicyclic) bond motifs is 6. The predicted molar refractivity (Wildman–Crippen MR) is 193 cm³/mol. The van der Waals surface area contributed by atoms with Crippen LogP contribution in [0, 0.1) is 0 Å². The van der Waals surface area contributed by atoms with Crippen LogP contribution in [-0.2, 0) is 5.41 Å². The summed E-state index contributed by atoms with van der Waals surface area (Å²) in [6.07, 6.45) is 0. The molecule has 0 N–H and O–H groups in total. The smallest absolute Gasteiger partial charge is 0.0734 e. The molecule has 0 aromatic heterocycles. The average Bonchev–Trinajstić information content (AvgIpc) is 3.43. The van der Waals surface area contributed by atoms with Gasteiger partial charge in [-0.15, -0.1) is 0 Å². The summed E-state index contributed by atoms with van der Waals surface area (Å²) in [5.74, 6) is 0. The van der Waals surface area contributed by atoms with E-state index in [9.17, 15) is 0 Å². The highest BCUT2D eigenvalue weighted by atomic mass is 15.1. The third kappa shape index (κ3) is 3.89. The van der Waals surface area contributed by atoms with Crippen molar-refractivity contribution in [1.29, 1.82) is 0 Å². The fourth-order valence-electron chi connectivity index (χ4n) is 7.79. The van der Waals surface area contributed by atoms with Gasteiger partial charge >= 0.3 is 0 Å². The lowest BCUT2D eigenvalue weighted by Gasteiger charge is -2.38. The van der Waals surface area contributed by atoms with Crippen molar-refractivity contribution in [2.24, 2.45) is 0 Å². The molecule has 0 fully saturated rings. The summed E-state index contributed by atoms with van der Waals surface area (Å²) in [4.78, 5) is 2.43. The van der Waals surface area contributed by atoms with E-state index in [1.165, 1.54) is 60.6 Å². The summed E-state index contributed by atoms with van der Waals surface area (Å²) in [6.45, 7) is 0. The zero-order valence-electron chi connectivity index (χ0n) is 25.3. The van der Waals surface area contributed by atoms with Crippen molar-refractivity contribution in [3.63, 3.8) is 0 Å². The zero-order valence-corrected chi connectivity index (χ0v) is 25.3. The molecule has 0 heterocycles. The van der Waals surface area contributed by atoms with E-state index in [2.05, 4.69) is 193 Å². The minimum atomic E-state index is -0.559. The molecule has 46 heavy (non-hydrogen) atoms. The largest absolute Gasteiger partial charge is 0.310 e. The zero-order chi connectivity index (χ0) is 30.5. The molecule has 0 atom stereocenters. The van der Waals surface area contributed by atoms with Crippen molar-refractivity contribution in [3.05, 3.63) is 210 Å². The molecule has 1 aliphatic carbocycles. The van der Waals surface area contributed by atoms with Crippen molar-refractivity contribution >= 4 is 38.6 Å². The monoisotopic (exact) mass is 585 g/mol. The maximum atomic E-state index is 2.49. The molecule has 216 valence electrons. The Hall–Kier alpha value is -5.92. The highest BCUT2D eigenvalue weighted by Crippen LogP contribution is 2.60. The summed E-state index contributed by atoms with van der Waals surface area (Å²) in [6, 6.07) is 68.8. The van der Waals surface area contributed by atoms with E-state index >= 15 is 0 Å². The molecule has 1 nitrogen and oxygen atoms in total. The molecule has 0 saturated heterocycles. The van der Waals surface area contributed by atoms with E-state index in [4.69, 9.17) is 0 Å². The minimum Gasteiger partial charge on any atom is -0.310 e. The Morgan fingerprint density at radius 3 is 1.54 bits per heavy atom. The summed E-state index contributed by atoms with van der Waals surface area (Å²) in [5.41, 5.74) is 10.6. The first-order chi connectivity index (χ1) is 22.8. The minimum absolute atomic E-state index is 0.559. The summed E-state index contributed by atoms with van der Waals surface area (Å²) < 4.78 is 0. The van der Waals surface area contributed by atoms with E-state index in [0.29, 0.717) is 0 Å². The van der Waals surface area contributed by atoms with Gasteiger partial charge in [0.15, 0.2) is 0 Å². The van der Waals surface area contributed by atoms with Crippen molar-refractivity contribution in [3.8, 4) is 11.1 Å². The molecule has 0 radical (unpaired) electrons. The molecular weight excluding hydrogens is 555 g/mol. The predicted octanol–water partition coefficient (Wildman–Crippen LogP) is 11.8. The van der Waals surface area contributed by atoms with E-state index < -0.39 is 5.41 Å². The fourth-order valence-corrected chi connectivity index (χ4v) is 7.79. The Kier molecular flexibility index (Phi) is 6.11. The second-order valence-corrected chi connectivity index (χ2v) is 12.1. The number of rotatable bonds is 5. The Balaban J connectivity index is 1.47. The van der Waals surface area contributed by atoms with Crippen molar-refractivity contribution in [1.82, 2.24) is 0 Å². The van der Waals surface area contributed by atoms with Crippen LogP contribution in [-0.4, -0.2) is 0 Å². The third-order valence-electron chi connectivity index (χ3n) is 9.68. The van der Waals surface area contributed by atoms with Gasteiger partial charge in [0, 0.05) is 16.9 Å². The number of benzene rings is 8. The SMILES string of the molecule is c1ccc(N(c2ccccc2)c2cccc3c2C(c2ccccc2)(c2ccccc2)c2cc4c(ccc5ccccc54)cc2-3)cc1. The Labute approximate surface area is 269 Å². The Morgan fingerprint density at radius 1 is 0.370 bits per heavy atom. The first kappa shape index (κ1) is 26.5. The molecule has 0 unspecified atom stereocenters. The second kappa shape index (κ2) is 10.6. The van der Waals surface area contributed by atoms with Gasteiger partial charge in [-0.05, 0) is 91.8 Å².